The van der Waals surface area contributed by atoms with Crippen molar-refractivity contribution in [3.63, 3.8) is 0 Å². The summed E-state index contributed by atoms with van der Waals surface area (Å²) in [5.41, 5.74) is 3.38. The molecular weight excluding hydrogens is 474 g/mol. The predicted molar refractivity (Wildman–Crippen MR) is 154 cm³/mol. The van der Waals surface area contributed by atoms with Crippen LogP contribution in [0.25, 0.3) is 21.9 Å². The van der Waals surface area contributed by atoms with Crippen molar-refractivity contribution in [1.82, 2.24) is 4.90 Å². The Balaban J connectivity index is 1.65. The van der Waals surface area contributed by atoms with Gasteiger partial charge < -0.3 is 23.8 Å². The number of piperidine rings is 1. The molecule has 198 valence electrons. The third-order valence-electron chi connectivity index (χ3n) is 7.39. The Labute approximate surface area is 225 Å². The zero-order valence-electron chi connectivity index (χ0n) is 22.7. The summed E-state index contributed by atoms with van der Waals surface area (Å²) in [5, 5.41) is 2.15. The van der Waals surface area contributed by atoms with E-state index in [0.717, 1.165) is 58.5 Å². The molecule has 0 radical (unpaired) electrons. The standard InChI is InChI=1S/C33H37NO4/c1-35-28-15-16-29-26(22-28)21-24(11-10-20-34-18-8-5-9-19-34)32(33(29)38-27-12-6-4-7-13-27)25-14-17-30(36-2)31(23-25)37-3/h4,6-7,12-17,21-23H,5,8-11,18-20H2,1-3H3. The maximum atomic E-state index is 6.69. The van der Waals surface area contributed by atoms with E-state index in [1.807, 2.05) is 42.5 Å². The molecule has 0 spiro atoms. The van der Waals surface area contributed by atoms with Crippen LogP contribution in [-0.4, -0.2) is 45.9 Å². The van der Waals surface area contributed by atoms with E-state index in [1.165, 1.54) is 37.9 Å². The van der Waals surface area contributed by atoms with Gasteiger partial charge in [-0.05, 0) is 104 Å². The predicted octanol–water partition coefficient (Wildman–Crippen LogP) is 7.74. The molecule has 0 aliphatic carbocycles. The molecule has 1 saturated heterocycles. The van der Waals surface area contributed by atoms with Crippen LogP contribution in [0.2, 0.25) is 0 Å². The van der Waals surface area contributed by atoms with Crippen molar-refractivity contribution in [3.05, 3.63) is 78.4 Å². The minimum Gasteiger partial charge on any atom is -0.497 e. The number of fused-ring (bicyclic) bond motifs is 1. The van der Waals surface area contributed by atoms with Crippen LogP contribution in [0.3, 0.4) is 0 Å². The van der Waals surface area contributed by atoms with Gasteiger partial charge in [-0.15, -0.1) is 0 Å². The van der Waals surface area contributed by atoms with Gasteiger partial charge in [0.05, 0.1) is 21.3 Å². The number of hydrogen-bond acceptors (Lipinski definition) is 5. The Hall–Kier alpha value is -3.70. The molecule has 1 heterocycles. The molecule has 4 aromatic carbocycles. The highest BCUT2D eigenvalue weighted by molar-refractivity contribution is 5.98. The molecule has 0 atom stereocenters. The highest BCUT2D eigenvalue weighted by atomic mass is 16.5. The van der Waals surface area contributed by atoms with Crippen LogP contribution in [0, 0.1) is 0 Å². The van der Waals surface area contributed by atoms with Gasteiger partial charge in [0.15, 0.2) is 11.5 Å². The zero-order valence-corrected chi connectivity index (χ0v) is 22.7. The number of para-hydroxylation sites is 1. The molecule has 1 aliphatic rings. The fourth-order valence-corrected chi connectivity index (χ4v) is 5.43. The monoisotopic (exact) mass is 511 g/mol. The first kappa shape index (κ1) is 25.9. The third kappa shape index (κ3) is 5.73. The van der Waals surface area contributed by atoms with Crippen molar-refractivity contribution in [1.29, 1.82) is 0 Å². The molecule has 0 unspecified atom stereocenters. The van der Waals surface area contributed by atoms with Gasteiger partial charge in [-0.1, -0.05) is 36.8 Å². The summed E-state index contributed by atoms with van der Waals surface area (Å²) in [6.45, 7) is 3.52. The molecular formula is C33H37NO4. The second-order valence-corrected chi connectivity index (χ2v) is 9.82. The van der Waals surface area contributed by atoms with E-state index < -0.39 is 0 Å². The van der Waals surface area contributed by atoms with E-state index in [2.05, 4.69) is 35.2 Å². The van der Waals surface area contributed by atoms with E-state index >= 15 is 0 Å². The number of methoxy groups -OCH3 is 3. The van der Waals surface area contributed by atoms with Crippen molar-refractivity contribution in [2.75, 3.05) is 41.0 Å². The number of aryl methyl sites for hydroxylation is 1. The van der Waals surface area contributed by atoms with Crippen LogP contribution in [-0.2, 0) is 6.42 Å². The fourth-order valence-electron chi connectivity index (χ4n) is 5.43. The molecule has 5 nitrogen and oxygen atoms in total. The Morgan fingerprint density at radius 2 is 1.50 bits per heavy atom. The van der Waals surface area contributed by atoms with Gasteiger partial charge in [0, 0.05) is 10.9 Å². The second kappa shape index (κ2) is 12.2. The SMILES string of the molecule is COc1ccc2c(Oc3ccccc3)c(-c3ccc(OC)c(OC)c3)c(CCCN3CCCCC3)cc2c1. The van der Waals surface area contributed by atoms with Gasteiger partial charge in [0.1, 0.15) is 17.2 Å². The largest absolute Gasteiger partial charge is 0.497 e. The molecule has 5 heteroatoms. The molecule has 0 aromatic heterocycles. The topological polar surface area (TPSA) is 40.2 Å². The average Bonchev–Trinajstić information content (AvgIpc) is 2.97. The first-order valence-corrected chi connectivity index (χ1v) is 13.5. The van der Waals surface area contributed by atoms with Crippen LogP contribution >= 0.6 is 0 Å². The maximum absolute atomic E-state index is 6.69. The molecule has 1 fully saturated rings. The van der Waals surface area contributed by atoms with Crippen molar-refractivity contribution in [2.24, 2.45) is 0 Å². The number of rotatable bonds is 10. The van der Waals surface area contributed by atoms with Gasteiger partial charge in [0.25, 0.3) is 0 Å². The molecule has 38 heavy (non-hydrogen) atoms. The van der Waals surface area contributed by atoms with Crippen LogP contribution in [0.15, 0.2) is 72.8 Å². The van der Waals surface area contributed by atoms with E-state index in [9.17, 15) is 0 Å². The lowest BCUT2D eigenvalue weighted by Gasteiger charge is -2.26. The Kier molecular flexibility index (Phi) is 8.34. The lowest BCUT2D eigenvalue weighted by molar-refractivity contribution is 0.226. The number of benzene rings is 4. The Morgan fingerprint density at radius 3 is 2.24 bits per heavy atom. The van der Waals surface area contributed by atoms with Crippen LogP contribution in [0.5, 0.6) is 28.7 Å². The summed E-state index contributed by atoms with van der Waals surface area (Å²) < 4.78 is 23.5. The van der Waals surface area contributed by atoms with Gasteiger partial charge in [-0.3, -0.25) is 0 Å². The average molecular weight is 512 g/mol. The van der Waals surface area contributed by atoms with Gasteiger partial charge in [-0.2, -0.15) is 0 Å². The molecule has 0 amide bonds. The molecule has 0 bridgehead atoms. The van der Waals surface area contributed by atoms with Gasteiger partial charge in [-0.25, -0.2) is 0 Å². The van der Waals surface area contributed by atoms with Crippen LogP contribution < -0.4 is 18.9 Å². The minimum atomic E-state index is 0.699. The number of ether oxygens (including phenoxy) is 4. The fraction of sp³-hybridized carbons (Fsp3) is 0.333. The minimum absolute atomic E-state index is 0.699. The zero-order chi connectivity index (χ0) is 26.3. The first-order chi connectivity index (χ1) is 18.7. The molecule has 1 aliphatic heterocycles. The van der Waals surface area contributed by atoms with E-state index in [0.29, 0.717) is 11.5 Å². The van der Waals surface area contributed by atoms with Crippen LogP contribution in [0.1, 0.15) is 31.2 Å². The lowest BCUT2D eigenvalue weighted by atomic mass is 9.91. The summed E-state index contributed by atoms with van der Waals surface area (Å²) in [5.74, 6) is 3.89. The summed E-state index contributed by atoms with van der Waals surface area (Å²) in [7, 11) is 5.05. The van der Waals surface area contributed by atoms with Crippen molar-refractivity contribution in [3.8, 4) is 39.9 Å². The van der Waals surface area contributed by atoms with Crippen molar-refractivity contribution in [2.45, 2.75) is 32.1 Å². The molecule has 4 aromatic rings. The summed E-state index contributed by atoms with van der Waals surface area (Å²) in [6.07, 6.45) is 6.00. The summed E-state index contributed by atoms with van der Waals surface area (Å²) in [6, 6.07) is 24.6. The number of nitrogens with zero attached hydrogens (tertiary/aromatic N) is 1. The number of likely N-dealkylation sites (tertiary alicyclic amines) is 1. The Bertz CT molecular complexity index is 1360. The van der Waals surface area contributed by atoms with Crippen molar-refractivity contribution < 1.29 is 18.9 Å². The number of hydrogen-bond donors (Lipinski definition) is 0. The third-order valence-corrected chi connectivity index (χ3v) is 7.39. The van der Waals surface area contributed by atoms with E-state index in [1.54, 1.807) is 21.3 Å². The molecule has 0 N–H and O–H groups in total. The molecule has 0 saturated carbocycles. The maximum Gasteiger partial charge on any atom is 0.161 e. The molecule has 5 rings (SSSR count). The highest BCUT2D eigenvalue weighted by Gasteiger charge is 2.20. The van der Waals surface area contributed by atoms with Gasteiger partial charge >= 0.3 is 0 Å². The summed E-state index contributed by atoms with van der Waals surface area (Å²) >= 11 is 0. The Morgan fingerprint density at radius 1 is 0.711 bits per heavy atom. The summed E-state index contributed by atoms with van der Waals surface area (Å²) in [4.78, 5) is 2.60. The first-order valence-electron chi connectivity index (χ1n) is 13.5. The van der Waals surface area contributed by atoms with E-state index in [-0.39, 0.29) is 0 Å². The quantitative estimate of drug-likeness (QED) is 0.218. The lowest BCUT2D eigenvalue weighted by Crippen LogP contribution is -2.30. The van der Waals surface area contributed by atoms with Crippen LogP contribution in [0.4, 0.5) is 0 Å². The smallest absolute Gasteiger partial charge is 0.161 e. The van der Waals surface area contributed by atoms with E-state index in [4.69, 9.17) is 18.9 Å². The van der Waals surface area contributed by atoms with Gasteiger partial charge in [0.2, 0.25) is 0 Å². The normalized spacial score (nSPS) is 13.9. The highest BCUT2D eigenvalue weighted by Crippen LogP contribution is 2.45. The second-order valence-electron chi connectivity index (χ2n) is 9.82. The van der Waals surface area contributed by atoms with Crippen molar-refractivity contribution >= 4 is 10.8 Å².